The highest BCUT2D eigenvalue weighted by Crippen LogP contribution is 2.36. The summed E-state index contributed by atoms with van der Waals surface area (Å²) in [6.07, 6.45) is 7.36. The van der Waals surface area contributed by atoms with Crippen molar-refractivity contribution in [2.75, 3.05) is 51.2 Å². The van der Waals surface area contributed by atoms with Crippen molar-refractivity contribution < 1.29 is 4.74 Å². The Morgan fingerprint density at radius 3 is 2.64 bits per heavy atom. The molecule has 11 heteroatoms. The van der Waals surface area contributed by atoms with Crippen molar-refractivity contribution in [3.05, 3.63) is 59.6 Å². The number of hydrogen-bond donors (Lipinski definition) is 2. The van der Waals surface area contributed by atoms with Crippen LogP contribution in [0, 0.1) is 5.92 Å². The van der Waals surface area contributed by atoms with Gasteiger partial charge in [-0.15, -0.1) is 0 Å². The molecule has 6 rings (SSSR count). The molecule has 1 aliphatic rings. The molecule has 3 aromatic heterocycles. The van der Waals surface area contributed by atoms with Crippen molar-refractivity contribution in [1.82, 2.24) is 29.4 Å². The van der Waals surface area contributed by atoms with E-state index in [4.69, 9.17) is 9.72 Å². The van der Waals surface area contributed by atoms with Crippen LogP contribution >= 0.6 is 23.9 Å². The second-order valence-electron chi connectivity index (χ2n) is 10.1. The number of hydrogen-bond acceptors (Lipinski definition) is 8. The maximum atomic E-state index is 5.77. The van der Waals surface area contributed by atoms with E-state index in [1.54, 1.807) is 25.7 Å². The first-order valence-corrected chi connectivity index (χ1v) is 15.8. The lowest BCUT2D eigenvalue weighted by Gasteiger charge is -2.36. The number of rotatable bonds is 8. The maximum Gasteiger partial charge on any atom is 0.229 e. The summed E-state index contributed by atoms with van der Waals surface area (Å²) in [4.78, 5) is 20.7. The predicted molar refractivity (Wildman–Crippen MR) is 164 cm³/mol. The van der Waals surface area contributed by atoms with E-state index >= 15 is 0 Å². The van der Waals surface area contributed by atoms with E-state index in [-0.39, 0.29) is 0 Å². The number of fused-ring (bicyclic) bond motifs is 2. The van der Waals surface area contributed by atoms with Gasteiger partial charge in [0.05, 0.1) is 33.8 Å². The smallest absolute Gasteiger partial charge is 0.229 e. The van der Waals surface area contributed by atoms with Crippen LogP contribution in [0.5, 0.6) is 5.75 Å². The Morgan fingerprint density at radius 1 is 1.05 bits per heavy atom. The Morgan fingerprint density at radius 2 is 1.87 bits per heavy atom. The fourth-order valence-corrected chi connectivity index (χ4v) is 6.70. The Hall–Kier alpha value is -3.33. The average Bonchev–Trinajstić information content (AvgIpc) is 3.30. The number of likely N-dealkylation sites (tertiary alicyclic amines) is 1. The number of nitrogens with one attached hydrogen (secondary N) is 2. The molecule has 1 fully saturated rings. The highest BCUT2D eigenvalue weighted by Gasteiger charge is 2.24. The minimum absolute atomic E-state index is 0.457. The van der Waals surface area contributed by atoms with E-state index in [0.717, 1.165) is 68.5 Å². The van der Waals surface area contributed by atoms with Crippen molar-refractivity contribution in [2.24, 2.45) is 5.92 Å². The summed E-state index contributed by atoms with van der Waals surface area (Å²) in [5.74, 6) is 2.55. The summed E-state index contributed by atoms with van der Waals surface area (Å²) >= 11 is 3.61. The lowest BCUT2D eigenvalue weighted by Crippen LogP contribution is -2.45. The molecule has 2 aromatic carbocycles. The molecule has 0 bridgehead atoms. The molecule has 0 radical (unpaired) electrons. The zero-order chi connectivity index (χ0) is 27.1. The lowest BCUT2D eigenvalue weighted by atomic mass is 10.0. The molecule has 2 N–H and O–H groups in total. The molecule has 1 saturated heterocycles. The number of aromatic nitrogens is 5. The summed E-state index contributed by atoms with van der Waals surface area (Å²) < 4.78 is 8.85. The highest BCUT2D eigenvalue weighted by molar-refractivity contribution is 9.10. The van der Waals surface area contributed by atoms with Crippen LogP contribution in [0.4, 0.5) is 23.1 Å². The molecular formula is C28H30BrN8OP. The summed E-state index contributed by atoms with van der Waals surface area (Å²) in [5.41, 5.74) is 4.73. The molecule has 0 atom stereocenters. The highest BCUT2D eigenvalue weighted by atomic mass is 79.9. The van der Waals surface area contributed by atoms with Gasteiger partial charge in [-0.1, -0.05) is 7.92 Å². The van der Waals surface area contributed by atoms with Crippen LogP contribution in [0.15, 0.2) is 59.6 Å². The van der Waals surface area contributed by atoms with Gasteiger partial charge in [0.2, 0.25) is 5.95 Å². The maximum absolute atomic E-state index is 5.77. The third-order valence-corrected chi connectivity index (χ3v) is 8.92. The number of anilines is 4. The minimum Gasteiger partial charge on any atom is -0.494 e. The first-order chi connectivity index (χ1) is 18.9. The molecule has 9 nitrogen and oxygen atoms in total. The summed E-state index contributed by atoms with van der Waals surface area (Å²) in [7, 11) is 3.39. The van der Waals surface area contributed by atoms with Crippen LogP contribution in [-0.2, 0) is 6.54 Å². The third-order valence-electron chi connectivity index (χ3n) is 6.99. The van der Waals surface area contributed by atoms with Crippen LogP contribution in [-0.4, -0.2) is 70.0 Å². The summed E-state index contributed by atoms with van der Waals surface area (Å²) in [6.45, 7) is 7.72. The van der Waals surface area contributed by atoms with Gasteiger partial charge in [0.1, 0.15) is 11.6 Å². The van der Waals surface area contributed by atoms with Crippen molar-refractivity contribution in [1.29, 1.82) is 0 Å². The molecule has 0 unspecified atom stereocenters. The predicted octanol–water partition coefficient (Wildman–Crippen LogP) is 5.56. The van der Waals surface area contributed by atoms with Crippen molar-refractivity contribution in [3.63, 3.8) is 0 Å². The van der Waals surface area contributed by atoms with Crippen molar-refractivity contribution in [3.8, 4) is 5.75 Å². The van der Waals surface area contributed by atoms with Gasteiger partial charge in [0, 0.05) is 72.8 Å². The van der Waals surface area contributed by atoms with Gasteiger partial charge in [-0.25, -0.2) is 4.98 Å². The monoisotopic (exact) mass is 604 g/mol. The van der Waals surface area contributed by atoms with Crippen molar-refractivity contribution in [2.45, 2.75) is 6.54 Å². The van der Waals surface area contributed by atoms with Gasteiger partial charge >= 0.3 is 0 Å². The fraction of sp³-hybridized carbons (Fsp3) is 0.286. The first-order valence-electron chi connectivity index (χ1n) is 12.7. The SMILES string of the molecule is COc1cc2c(ccn2CC2CN(C)C2)cc1Nc1ncc(Br)c(Nc2ccc3nccnc3c2P(C)C)n1. The molecule has 0 saturated carbocycles. The van der Waals surface area contributed by atoms with Gasteiger partial charge < -0.3 is 24.8 Å². The normalized spacial score (nSPS) is 14.2. The molecule has 4 heterocycles. The van der Waals surface area contributed by atoms with E-state index in [2.05, 4.69) is 95.8 Å². The lowest BCUT2D eigenvalue weighted by molar-refractivity contribution is 0.120. The minimum atomic E-state index is -0.457. The van der Waals surface area contributed by atoms with Gasteiger partial charge in [0.15, 0.2) is 0 Å². The Bertz CT molecular complexity index is 1670. The van der Waals surface area contributed by atoms with Crippen LogP contribution in [0.3, 0.4) is 0 Å². The van der Waals surface area contributed by atoms with Gasteiger partial charge in [-0.05, 0) is 60.6 Å². The standard InChI is InChI=1S/C28H30BrN8OP/c1-36-14-17(15-36)16-37-10-7-18-11-22(24(38-2)12-23(18)37)34-28-32-13-19(29)27(35-28)33-21-6-5-20-25(26(21)39(3)4)31-9-8-30-20/h5-13,17H,14-16H2,1-4H3,(H2,32,33,34,35). The largest absolute Gasteiger partial charge is 0.494 e. The van der Waals surface area contributed by atoms with Gasteiger partial charge in [-0.2, -0.15) is 4.98 Å². The van der Waals surface area contributed by atoms with E-state index < -0.39 is 7.92 Å². The first kappa shape index (κ1) is 25.9. The Balaban J connectivity index is 1.29. The quantitative estimate of drug-likeness (QED) is 0.222. The molecule has 0 spiro atoms. The van der Waals surface area contributed by atoms with Crippen LogP contribution in [0.25, 0.3) is 21.9 Å². The number of methoxy groups -OCH3 is 1. The molecule has 39 heavy (non-hydrogen) atoms. The molecule has 0 amide bonds. The van der Waals surface area contributed by atoms with E-state index in [1.807, 2.05) is 12.1 Å². The Labute approximate surface area is 236 Å². The molecular weight excluding hydrogens is 575 g/mol. The second kappa shape index (κ2) is 10.7. The Kier molecular flexibility index (Phi) is 7.10. The van der Waals surface area contributed by atoms with Crippen LogP contribution in [0.2, 0.25) is 0 Å². The van der Waals surface area contributed by atoms with Crippen LogP contribution < -0.4 is 20.7 Å². The average molecular weight is 605 g/mol. The number of halogens is 1. The zero-order valence-corrected chi connectivity index (χ0v) is 24.8. The fourth-order valence-electron chi connectivity index (χ4n) is 5.20. The molecule has 5 aromatic rings. The van der Waals surface area contributed by atoms with Crippen LogP contribution in [0.1, 0.15) is 0 Å². The third kappa shape index (κ3) is 5.16. The van der Waals surface area contributed by atoms with E-state index in [9.17, 15) is 0 Å². The summed E-state index contributed by atoms with van der Waals surface area (Å²) in [5, 5.41) is 9.17. The van der Waals surface area contributed by atoms with Gasteiger partial charge in [-0.3, -0.25) is 9.97 Å². The topological polar surface area (TPSA) is 93.0 Å². The summed E-state index contributed by atoms with van der Waals surface area (Å²) in [6, 6.07) is 10.4. The van der Waals surface area contributed by atoms with Crippen molar-refractivity contribution >= 4 is 74.2 Å². The zero-order valence-electron chi connectivity index (χ0n) is 22.3. The van der Waals surface area contributed by atoms with E-state index in [0.29, 0.717) is 17.7 Å². The van der Waals surface area contributed by atoms with Gasteiger partial charge in [0.25, 0.3) is 0 Å². The second-order valence-corrected chi connectivity index (χ2v) is 13.2. The molecule has 1 aliphatic heterocycles. The molecule has 0 aliphatic carbocycles. The number of ether oxygens (including phenoxy) is 1. The molecule has 200 valence electrons. The number of benzene rings is 2. The van der Waals surface area contributed by atoms with E-state index in [1.165, 1.54) is 0 Å². The number of nitrogens with zero attached hydrogens (tertiary/aromatic N) is 6.